The molecular formula is C29H28BrN3O5S2. The summed E-state index contributed by atoms with van der Waals surface area (Å²) in [7, 11) is -7.92. The van der Waals surface area contributed by atoms with Gasteiger partial charge in [-0.1, -0.05) is 39.7 Å². The predicted molar refractivity (Wildman–Crippen MR) is 162 cm³/mol. The highest BCUT2D eigenvalue weighted by atomic mass is 79.9. The molecule has 208 valence electrons. The summed E-state index contributed by atoms with van der Waals surface area (Å²) in [4.78, 5) is 13.2. The van der Waals surface area contributed by atoms with Crippen LogP contribution in [0.5, 0.6) is 0 Å². The summed E-state index contributed by atoms with van der Waals surface area (Å²) in [5, 5.41) is 2.67. The molecule has 2 N–H and O–H groups in total. The zero-order chi connectivity index (χ0) is 29.1. The van der Waals surface area contributed by atoms with Gasteiger partial charge in [0.2, 0.25) is 5.91 Å². The van der Waals surface area contributed by atoms with Crippen molar-refractivity contribution in [2.75, 3.05) is 20.9 Å². The Morgan fingerprint density at radius 2 is 1.30 bits per heavy atom. The number of sulfonamides is 2. The second-order valence-corrected chi connectivity index (χ2v) is 13.7. The van der Waals surface area contributed by atoms with Crippen molar-refractivity contribution >= 4 is 58.9 Å². The van der Waals surface area contributed by atoms with Gasteiger partial charge in [0.25, 0.3) is 20.0 Å². The molecule has 0 radical (unpaired) electrons. The van der Waals surface area contributed by atoms with Crippen LogP contribution in [0, 0.1) is 20.8 Å². The van der Waals surface area contributed by atoms with Crippen molar-refractivity contribution in [3.63, 3.8) is 0 Å². The van der Waals surface area contributed by atoms with E-state index in [9.17, 15) is 21.6 Å². The number of hydrogen-bond donors (Lipinski definition) is 2. The molecule has 0 bridgehead atoms. The Labute approximate surface area is 243 Å². The molecule has 0 aliphatic heterocycles. The highest BCUT2D eigenvalue weighted by molar-refractivity contribution is 9.10. The second-order valence-electron chi connectivity index (χ2n) is 9.28. The molecule has 11 heteroatoms. The van der Waals surface area contributed by atoms with Crippen LogP contribution in [0.3, 0.4) is 0 Å². The van der Waals surface area contributed by atoms with Crippen LogP contribution in [0.4, 0.5) is 17.1 Å². The first-order valence-electron chi connectivity index (χ1n) is 12.2. The first-order valence-corrected chi connectivity index (χ1v) is 15.9. The number of amides is 1. The van der Waals surface area contributed by atoms with Crippen molar-refractivity contribution in [3.05, 3.63) is 112 Å². The number of rotatable bonds is 9. The molecule has 0 fully saturated rings. The number of aryl methyl sites for hydroxylation is 3. The molecule has 4 aromatic rings. The lowest BCUT2D eigenvalue weighted by Crippen LogP contribution is -2.38. The second kappa shape index (κ2) is 11.8. The maximum absolute atomic E-state index is 13.6. The van der Waals surface area contributed by atoms with Crippen LogP contribution in [0.15, 0.2) is 105 Å². The minimum Gasteiger partial charge on any atom is -0.325 e. The molecule has 0 heterocycles. The van der Waals surface area contributed by atoms with Crippen molar-refractivity contribution in [1.82, 2.24) is 0 Å². The van der Waals surface area contributed by atoms with Crippen molar-refractivity contribution in [1.29, 1.82) is 0 Å². The predicted octanol–water partition coefficient (Wildman–Crippen LogP) is 6.01. The standard InChI is InChI=1S/C29H28BrN3O5S2/c1-20-4-14-28(15-5-20)40(37,38)33(26-13-6-21(2)22(3)18-26)19-29(34)31-24-11-16-27(17-12-24)39(35,36)32-25-9-7-23(30)8-10-25/h4-18,32H,19H2,1-3H3,(H,31,34). The fourth-order valence-electron chi connectivity index (χ4n) is 3.81. The molecule has 0 aliphatic rings. The summed E-state index contributed by atoms with van der Waals surface area (Å²) in [6, 6.07) is 23.9. The molecule has 0 aliphatic carbocycles. The lowest BCUT2D eigenvalue weighted by Gasteiger charge is -2.25. The molecule has 4 rings (SSSR count). The summed E-state index contributed by atoms with van der Waals surface area (Å²) in [5.41, 5.74) is 3.87. The van der Waals surface area contributed by atoms with E-state index in [2.05, 4.69) is 26.0 Å². The van der Waals surface area contributed by atoms with Crippen LogP contribution >= 0.6 is 15.9 Å². The number of benzene rings is 4. The Balaban J connectivity index is 1.54. The number of nitrogens with zero attached hydrogens (tertiary/aromatic N) is 1. The Kier molecular flexibility index (Phi) is 8.67. The van der Waals surface area contributed by atoms with E-state index in [1.807, 2.05) is 26.8 Å². The highest BCUT2D eigenvalue weighted by Gasteiger charge is 2.27. The van der Waals surface area contributed by atoms with Gasteiger partial charge >= 0.3 is 0 Å². The summed E-state index contributed by atoms with van der Waals surface area (Å²) in [5.74, 6) is -0.586. The van der Waals surface area contributed by atoms with Gasteiger partial charge in [-0.05, 0) is 105 Å². The normalized spacial score (nSPS) is 11.6. The first-order chi connectivity index (χ1) is 18.8. The Morgan fingerprint density at radius 1 is 0.725 bits per heavy atom. The van der Waals surface area contributed by atoms with Crippen LogP contribution in [0.2, 0.25) is 0 Å². The third kappa shape index (κ3) is 6.90. The minimum atomic E-state index is -4.06. The van der Waals surface area contributed by atoms with Crippen molar-refractivity contribution < 1.29 is 21.6 Å². The lowest BCUT2D eigenvalue weighted by atomic mass is 10.1. The average molecular weight is 643 g/mol. The number of hydrogen-bond acceptors (Lipinski definition) is 5. The smallest absolute Gasteiger partial charge is 0.264 e. The topological polar surface area (TPSA) is 113 Å². The average Bonchev–Trinajstić information content (AvgIpc) is 2.91. The largest absolute Gasteiger partial charge is 0.325 e. The number of nitrogens with one attached hydrogen (secondary N) is 2. The van der Waals surface area contributed by atoms with E-state index < -0.39 is 32.5 Å². The van der Waals surface area contributed by atoms with Crippen LogP contribution in [-0.2, 0) is 24.8 Å². The van der Waals surface area contributed by atoms with Gasteiger partial charge in [-0.2, -0.15) is 0 Å². The molecule has 0 atom stereocenters. The van der Waals surface area contributed by atoms with Gasteiger partial charge in [0, 0.05) is 15.8 Å². The SMILES string of the molecule is Cc1ccc(S(=O)(=O)N(CC(=O)Nc2ccc(S(=O)(=O)Nc3ccc(Br)cc3)cc2)c2ccc(C)c(C)c2)cc1. The number of carbonyl (C=O) groups excluding carboxylic acids is 1. The Bertz CT molecular complexity index is 1740. The van der Waals surface area contributed by atoms with Gasteiger partial charge in [-0.3, -0.25) is 13.8 Å². The summed E-state index contributed by atoms with van der Waals surface area (Å²) in [6.07, 6.45) is 0. The number of carbonyl (C=O) groups is 1. The maximum Gasteiger partial charge on any atom is 0.264 e. The van der Waals surface area contributed by atoms with Crippen LogP contribution in [-0.4, -0.2) is 29.3 Å². The third-order valence-corrected chi connectivity index (χ3v) is 9.93. The van der Waals surface area contributed by atoms with E-state index in [-0.39, 0.29) is 9.79 Å². The fourth-order valence-corrected chi connectivity index (χ4v) is 6.55. The van der Waals surface area contributed by atoms with Crippen molar-refractivity contribution in [3.8, 4) is 0 Å². The van der Waals surface area contributed by atoms with Gasteiger partial charge in [-0.15, -0.1) is 0 Å². The van der Waals surface area contributed by atoms with E-state index in [1.54, 1.807) is 48.5 Å². The van der Waals surface area contributed by atoms with E-state index in [0.717, 1.165) is 25.5 Å². The van der Waals surface area contributed by atoms with Gasteiger partial charge in [-0.25, -0.2) is 16.8 Å². The Morgan fingerprint density at radius 3 is 1.90 bits per heavy atom. The quantitative estimate of drug-likeness (QED) is 0.232. The zero-order valence-electron chi connectivity index (χ0n) is 22.1. The maximum atomic E-state index is 13.6. The van der Waals surface area contributed by atoms with E-state index in [1.165, 1.54) is 36.4 Å². The Hall–Kier alpha value is -3.67. The molecule has 0 unspecified atom stereocenters. The summed E-state index contributed by atoms with van der Waals surface area (Å²) in [6.45, 7) is 5.17. The van der Waals surface area contributed by atoms with Crippen LogP contribution in [0.25, 0.3) is 0 Å². The number of anilines is 3. The first kappa shape index (κ1) is 29.3. The zero-order valence-corrected chi connectivity index (χ0v) is 25.3. The van der Waals surface area contributed by atoms with Crippen molar-refractivity contribution in [2.24, 2.45) is 0 Å². The highest BCUT2D eigenvalue weighted by Crippen LogP contribution is 2.26. The molecule has 40 heavy (non-hydrogen) atoms. The minimum absolute atomic E-state index is 0.00660. The van der Waals surface area contributed by atoms with Gasteiger partial charge in [0.15, 0.2) is 0 Å². The molecule has 0 spiro atoms. The molecule has 0 aromatic heterocycles. The van der Waals surface area contributed by atoms with Crippen LogP contribution < -0.4 is 14.3 Å². The molecule has 1 amide bonds. The van der Waals surface area contributed by atoms with Gasteiger partial charge in [0.05, 0.1) is 15.5 Å². The molecule has 0 saturated carbocycles. The van der Waals surface area contributed by atoms with Gasteiger partial charge < -0.3 is 5.32 Å². The summed E-state index contributed by atoms with van der Waals surface area (Å²) >= 11 is 3.31. The third-order valence-electron chi connectivity index (χ3n) is 6.22. The monoisotopic (exact) mass is 641 g/mol. The molecule has 8 nitrogen and oxygen atoms in total. The van der Waals surface area contributed by atoms with E-state index in [0.29, 0.717) is 17.1 Å². The molecule has 0 saturated heterocycles. The van der Waals surface area contributed by atoms with E-state index >= 15 is 0 Å². The van der Waals surface area contributed by atoms with Crippen LogP contribution in [0.1, 0.15) is 16.7 Å². The molecule has 4 aromatic carbocycles. The van der Waals surface area contributed by atoms with Crippen molar-refractivity contribution in [2.45, 2.75) is 30.6 Å². The fraction of sp³-hybridized carbons (Fsp3) is 0.138. The number of halogens is 1. The molecular weight excluding hydrogens is 614 g/mol. The lowest BCUT2D eigenvalue weighted by molar-refractivity contribution is -0.114. The summed E-state index contributed by atoms with van der Waals surface area (Å²) < 4.78 is 57.1. The van der Waals surface area contributed by atoms with Gasteiger partial charge in [0.1, 0.15) is 6.54 Å². The van der Waals surface area contributed by atoms with E-state index in [4.69, 9.17) is 0 Å².